The van der Waals surface area contributed by atoms with E-state index >= 15 is 0 Å². The Morgan fingerprint density at radius 1 is 1.56 bits per heavy atom. The Kier molecular flexibility index (Phi) is 3.59. The Labute approximate surface area is 103 Å². The van der Waals surface area contributed by atoms with Gasteiger partial charge < -0.3 is 19.5 Å². The summed E-state index contributed by atoms with van der Waals surface area (Å²) in [6.07, 6.45) is 0.960. The van der Waals surface area contributed by atoms with Crippen LogP contribution < -0.4 is 0 Å². The van der Waals surface area contributed by atoms with Crippen molar-refractivity contribution in [1.82, 2.24) is 9.55 Å². The van der Waals surface area contributed by atoms with Crippen LogP contribution in [0.2, 0.25) is 0 Å². The summed E-state index contributed by atoms with van der Waals surface area (Å²) in [4.78, 5) is 14.9. The molecule has 0 amide bonds. The molecule has 1 heterocycles. The van der Waals surface area contributed by atoms with Crippen molar-refractivity contribution < 1.29 is 19.7 Å². The molecular formula is C12H14N2O4. The number of hydrogen-bond acceptors (Lipinski definition) is 4. The molecule has 2 rings (SSSR count). The number of ether oxygens (including phenoxy) is 1. The number of aliphatic hydroxyl groups is 1. The third kappa shape index (κ3) is 2.49. The first-order valence-corrected chi connectivity index (χ1v) is 5.47. The quantitative estimate of drug-likeness (QED) is 0.817. The van der Waals surface area contributed by atoms with Gasteiger partial charge in [0.05, 0.1) is 42.2 Å². The fourth-order valence-electron chi connectivity index (χ4n) is 1.81. The van der Waals surface area contributed by atoms with E-state index in [4.69, 9.17) is 9.84 Å². The van der Waals surface area contributed by atoms with E-state index in [9.17, 15) is 9.90 Å². The van der Waals surface area contributed by atoms with Crippen molar-refractivity contribution in [2.45, 2.75) is 12.6 Å². The van der Waals surface area contributed by atoms with Gasteiger partial charge in [-0.25, -0.2) is 9.78 Å². The molecule has 1 unspecified atom stereocenters. The molecule has 0 fully saturated rings. The van der Waals surface area contributed by atoms with E-state index in [0.717, 1.165) is 5.52 Å². The van der Waals surface area contributed by atoms with Gasteiger partial charge in [0.15, 0.2) is 0 Å². The van der Waals surface area contributed by atoms with Crippen LogP contribution in [0.3, 0.4) is 0 Å². The molecule has 0 aliphatic heterocycles. The summed E-state index contributed by atoms with van der Waals surface area (Å²) in [6, 6.07) is 4.72. The Morgan fingerprint density at radius 2 is 2.33 bits per heavy atom. The number of aromatic nitrogens is 2. The van der Waals surface area contributed by atoms with Gasteiger partial charge in [-0.1, -0.05) is 0 Å². The highest BCUT2D eigenvalue weighted by Gasteiger charge is 2.10. The highest BCUT2D eigenvalue weighted by Crippen LogP contribution is 2.15. The summed E-state index contributed by atoms with van der Waals surface area (Å²) >= 11 is 0. The first-order chi connectivity index (χ1) is 8.61. The molecule has 1 aromatic heterocycles. The minimum atomic E-state index is -0.981. The van der Waals surface area contributed by atoms with Gasteiger partial charge in [-0.05, 0) is 18.2 Å². The zero-order valence-electron chi connectivity index (χ0n) is 9.91. The van der Waals surface area contributed by atoms with Gasteiger partial charge in [0.2, 0.25) is 0 Å². The number of methoxy groups -OCH3 is 1. The van der Waals surface area contributed by atoms with E-state index < -0.39 is 12.1 Å². The van der Waals surface area contributed by atoms with Crippen molar-refractivity contribution in [2.75, 3.05) is 13.7 Å². The highest BCUT2D eigenvalue weighted by atomic mass is 16.5. The zero-order valence-corrected chi connectivity index (χ0v) is 9.91. The largest absolute Gasteiger partial charge is 0.478 e. The molecule has 18 heavy (non-hydrogen) atoms. The average molecular weight is 250 g/mol. The second-order valence-electron chi connectivity index (χ2n) is 4.01. The van der Waals surface area contributed by atoms with Gasteiger partial charge in [-0.3, -0.25) is 0 Å². The minimum Gasteiger partial charge on any atom is -0.478 e. The minimum absolute atomic E-state index is 0.199. The van der Waals surface area contributed by atoms with Crippen LogP contribution in [0.25, 0.3) is 11.0 Å². The number of rotatable bonds is 5. The fraction of sp³-hybridized carbons (Fsp3) is 0.333. The summed E-state index contributed by atoms with van der Waals surface area (Å²) in [7, 11) is 1.52. The maximum absolute atomic E-state index is 10.8. The van der Waals surface area contributed by atoms with Crippen LogP contribution in [0.4, 0.5) is 0 Å². The normalized spacial score (nSPS) is 12.8. The molecule has 1 atom stereocenters. The van der Waals surface area contributed by atoms with Gasteiger partial charge in [-0.15, -0.1) is 0 Å². The molecule has 2 aromatic rings. The summed E-state index contributed by atoms with van der Waals surface area (Å²) in [5.74, 6) is -0.981. The molecule has 0 radical (unpaired) electrons. The number of imidazole rings is 1. The third-order valence-electron chi connectivity index (χ3n) is 2.63. The lowest BCUT2D eigenvalue weighted by atomic mass is 10.2. The molecule has 0 spiro atoms. The molecule has 0 aliphatic rings. The van der Waals surface area contributed by atoms with Gasteiger partial charge in [-0.2, -0.15) is 0 Å². The Balaban J connectivity index is 2.28. The molecule has 6 nitrogen and oxygen atoms in total. The number of fused-ring (bicyclic) bond motifs is 1. The van der Waals surface area contributed by atoms with Crippen molar-refractivity contribution >= 4 is 17.0 Å². The number of aromatic carboxylic acids is 1. The number of nitrogens with zero attached hydrogens (tertiary/aromatic N) is 2. The summed E-state index contributed by atoms with van der Waals surface area (Å²) in [5.41, 5.74) is 1.58. The molecule has 0 saturated carbocycles. The average Bonchev–Trinajstić information content (AvgIpc) is 2.72. The molecule has 0 aliphatic carbocycles. The summed E-state index contributed by atoms with van der Waals surface area (Å²) < 4.78 is 6.62. The SMILES string of the molecule is COCC(O)Cn1cnc2cc(C(=O)O)ccc21. The number of aliphatic hydroxyl groups excluding tert-OH is 1. The predicted molar refractivity (Wildman–Crippen MR) is 64.6 cm³/mol. The van der Waals surface area contributed by atoms with Crippen molar-refractivity contribution in [3.05, 3.63) is 30.1 Å². The maximum atomic E-state index is 10.8. The van der Waals surface area contributed by atoms with Crippen molar-refractivity contribution in [3.63, 3.8) is 0 Å². The predicted octanol–water partition coefficient (Wildman–Crippen LogP) is 0.742. The van der Waals surface area contributed by atoms with Crippen LogP contribution in [0.5, 0.6) is 0 Å². The number of carboxylic acids is 1. The van der Waals surface area contributed by atoms with Crippen LogP contribution in [0, 0.1) is 0 Å². The first kappa shape index (κ1) is 12.5. The number of hydrogen-bond donors (Lipinski definition) is 2. The third-order valence-corrected chi connectivity index (χ3v) is 2.63. The number of carbonyl (C=O) groups is 1. The maximum Gasteiger partial charge on any atom is 0.335 e. The van der Waals surface area contributed by atoms with E-state index in [1.807, 2.05) is 0 Å². The monoisotopic (exact) mass is 250 g/mol. The topological polar surface area (TPSA) is 84.6 Å². The van der Waals surface area contributed by atoms with Crippen LogP contribution in [0.15, 0.2) is 24.5 Å². The van der Waals surface area contributed by atoms with Gasteiger partial charge in [0.1, 0.15) is 0 Å². The van der Waals surface area contributed by atoms with E-state index in [1.54, 1.807) is 17.0 Å². The van der Waals surface area contributed by atoms with Crippen LogP contribution in [-0.4, -0.2) is 45.6 Å². The molecular weight excluding hydrogens is 236 g/mol. The lowest BCUT2D eigenvalue weighted by Crippen LogP contribution is -2.20. The van der Waals surface area contributed by atoms with E-state index in [2.05, 4.69) is 4.98 Å². The smallest absolute Gasteiger partial charge is 0.335 e. The number of carboxylic acid groups (broad SMARTS) is 1. The molecule has 0 saturated heterocycles. The van der Waals surface area contributed by atoms with Crippen molar-refractivity contribution in [3.8, 4) is 0 Å². The second kappa shape index (κ2) is 5.16. The summed E-state index contributed by atoms with van der Waals surface area (Å²) in [5, 5.41) is 18.5. The second-order valence-corrected chi connectivity index (χ2v) is 4.01. The van der Waals surface area contributed by atoms with Gasteiger partial charge >= 0.3 is 5.97 Å². The molecule has 0 bridgehead atoms. The molecule has 1 aromatic carbocycles. The van der Waals surface area contributed by atoms with Gasteiger partial charge in [0.25, 0.3) is 0 Å². The summed E-state index contributed by atoms with van der Waals surface area (Å²) in [6.45, 7) is 0.601. The number of benzene rings is 1. The van der Waals surface area contributed by atoms with Crippen LogP contribution >= 0.6 is 0 Å². The van der Waals surface area contributed by atoms with Crippen molar-refractivity contribution in [2.24, 2.45) is 0 Å². The Hall–Kier alpha value is -1.92. The standard InChI is InChI=1S/C12H14N2O4/c1-18-6-9(15)5-14-7-13-10-4-8(12(16)17)2-3-11(10)14/h2-4,7,9,15H,5-6H2,1H3,(H,16,17). The molecule has 6 heteroatoms. The van der Waals surface area contributed by atoms with E-state index in [0.29, 0.717) is 12.1 Å². The lowest BCUT2D eigenvalue weighted by Gasteiger charge is -2.10. The Morgan fingerprint density at radius 3 is 3.00 bits per heavy atom. The van der Waals surface area contributed by atoms with E-state index in [1.165, 1.54) is 19.2 Å². The van der Waals surface area contributed by atoms with Gasteiger partial charge in [0, 0.05) is 7.11 Å². The molecule has 2 N–H and O–H groups in total. The lowest BCUT2D eigenvalue weighted by molar-refractivity contribution is 0.0543. The first-order valence-electron chi connectivity index (χ1n) is 5.47. The molecule has 96 valence electrons. The van der Waals surface area contributed by atoms with Crippen molar-refractivity contribution in [1.29, 1.82) is 0 Å². The zero-order chi connectivity index (χ0) is 13.1. The fourth-order valence-corrected chi connectivity index (χ4v) is 1.81. The van der Waals surface area contributed by atoms with Crippen LogP contribution in [0.1, 0.15) is 10.4 Å². The van der Waals surface area contributed by atoms with E-state index in [-0.39, 0.29) is 12.2 Å². The van der Waals surface area contributed by atoms with Crippen LogP contribution in [-0.2, 0) is 11.3 Å². The Bertz CT molecular complexity index is 564. The highest BCUT2D eigenvalue weighted by molar-refractivity contribution is 5.92.